The second kappa shape index (κ2) is 9.94. The van der Waals surface area contributed by atoms with Crippen molar-refractivity contribution in [3.8, 4) is 0 Å². The highest BCUT2D eigenvalue weighted by molar-refractivity contribution is 8.01. The van der Waals surface area contributed by atoms with Crippen molar-refractivity contribution in [2.24, 2.45) is 0 Å². The fourth-order valence-electron chi connectivity index (χ4n) is 3.59. The van der Waals surface area contributed by atoms with Crippen molar-refractivity contribution in [3.05, 3.63) is 54.6 Å². The Morgan fingerprint density at radius 3 is 2.39 bits per heavy atom. The number of benzene rings is 2. The molecule has 1 fully saturated rings. The molecule has 9 nitrogen and oxygen atoms in total. The predicted octanol–water partition coefficient (Wildman–Crippen LogP) is 1.57. The number of rotatable bonds is 6. The van der Waals surface area contributed by atoms with Crippen LogP contribution in [-0.2, 0) is 29.1 Å². The fourth-order valence-corrected chi connectivity index (χ4v) is 6.13. The van der Waals surface area contributed by atoms with Gasteiger partial charge in [-0.05, 0) is 24.3 Å². The van der Waals surface area contributed by atoms with Crippen LogP contribution in [0, 0.1) is 0 Å². The van der Waals surface area contributed by atoms with Crippen molar-refractivity contribution in [2.45, 2.75) is 21.5 Å². The average molecular weight is 490 g/mol. The maximum absolute atomic E-state index is 12.7. The molecule has 2 aromatic rings. The zero-order chi connectivity index (χ0) is 23.4. The number of piperazine rings is 1. The van der Waals surface area contributed by atoms with Crippen molar-refractivity contribution in [1.29, 1.82) is 0 Å². The summed E-state index contributed by atoms with van der Waals surface area (Å²) in [7, 11) is -3.61. The Bertz CT molecular complexity index is 1150. The lowest BCUT2D eigenvalue weighted by atomic mass is 10.2. The summed E-state index contributed by atoms with van der Waals surface area (Å²) in [6.07, 6.45) is -0.152. The highest BCUT2D eigenvalue weighted by Crippen LogP contribution is 2.36. The first kappa shape index (κ1) is 23.3. The first-order chi connectivity index (χ1) is 15.8. The van der Waals surface area contributed by atoms with Crippen molar-refractivity contribution in [2.75, 3.05) is 38.1 Å². The van der Waals surface area contributed by atoms with E-state index in [4.69, 9.17) is 4.74 Å². The monoisotopic (exact) mass is 489 g/mol. The van der Waals surface area contributed by atoms with E-state index in [-0.39, 0.29) is 43.4 Å². The second-order valence-corrected chi connectivity index (χ2v) is 10.7. The predicted molar refractivity (Wildman–Crippen MR) is 122 cm³/mol. The summed E-state index contributed by atoms with van der Waals surface area (Å²) in [5.41, 5.74) is 0.709. The molecule has 4 rings (SSSR count). The number of hydrogen-bond acceptors (Lipinski definition) is 7. The lowest BCUT2D eigenvalue weighted by Gasteiger charge is -2.33. The van der Waals surface area contributed by atoms with Crippen LogP contribution in [-0.4, -0.2) is 73.4 Å². The molecule has 33 heavy (non-hydrogen) atoms. The maximum Gasteiger partial charge on any atom is 0.307 e. The van der Waals surface area contributed by atoms with Gasteiger partial charge in [0, 0.05) is 31.1 Å². The van der Waals surface area contributed by atoms with Crippen LogP contribution in [0.25, 0.3) is 0 Å². The Hall–Kier alpha value is -2.89. The third-order valence-electron chi connectivity index (χ3n) is 5.39. The van der Waals surface area contributed by atoms with E-state index in [9.17, 15) is 22.8 Å². The molecule has 11 heteroatoms. The first-order valence-corrected chi connectivity index (χ1v) is 12.7. The normalized spacial score (nSPS) is 18.8. The molecule has 2 aromatic carbocycles. The Morgan fingerprint density at radius 2 is 1.67 bits per heavy atom. The number of fused-ring (bicyclic) bond motifs is 1. The highest BCUT2D eigenvalue weighted by atomic mass is 32.2. The van der Waals surface area contributed by atoms with Crippen molar-refractivity contribution >= 4 is 45.3 Å². The van der Waals surface area contributed by atoms with Gasteiger partial charge in [-0.15, -0.1) is 11.8 Å². The molecule has 0 saturated carbocycles. The standard InChI is InChI=1S/C22H23N3O6S2/c26-20(24-10-12-25(13-11-24)33(29,30)16-6-2-1-3-7-16)15-31-21(27)14-19-22(28)23-17-8-4-5-9-18(17)32-19/h1-9,19H,10-15H2,(H,23,28)/t19-/m0/s1. The highest BCUT2D eigenvalue weighted by Gasteiger charge is 2.32. The van der Waals surface area contributed by atoms with Gasteiger partial charge < -0.3 is 15.0 Å². The third kappa shape index (κ3) is 5.37. The number of anilines is 1. The number of carbonyl (C=O) groups is 3. The smallest absolute Gasteiger partial charge is 0.307 e. The summed E-state index contributed by atoms with van der Waals surface area (Å²) in [6, 6.07) is 15.5. The third-order valence-corrected chi connectivity index (χ3v) is 8.58. The van der Waals surface area contributed by atoms with Gasteiger partial charge in [-0.1, -0.05) is 30.3 Å². The number of thioether (sulfide) groups is 1. The molecule has 2 amide bonds. The van der Waals surface area contributed by atoms with Crippen molar-refractivity contribution in [3.63, 3.8) is 0 Å². The van der Waals surface area contributed by atoms with Crippen LogP contribution in [0.5, 0.6) is 0 Å². The number of esters is 1. The molecule has 2 heterocycles. The van der Waals surface area contributed by atoms with E-state index in [0.29, 0.717) is 5.69 Å². The number of hydrogen-bond donors (Lipinski definition) is 1. The molecule has 0 aromatic heterocycles. The summed E-state index contributed by atoms with van der Waals surface area (Å²) in [6.45, 7) is 0.296. The number of para-hydroxylation sites is 1. The van der Waals surface area contributed by atoms with E-state index in [1.54, 1.807) is 24.3 Å². The number of amides is 2. The van der Waals surface area contributed by atoms with Crippen LogP contribution in [0.15, 0.2) is 64.4 Å². The van der Waals surface area contributed by atoms with Crippen LogP contribution in [0.3, 0.4) is 0 Å². The average Bonchev–Trinajstić information content (AvgIpc) is 2.83. The molecule has 0 radical (unpaired) electrons. The van der Waals surface area contributed by atoms with E-state index in [1.165, 1.54) is 33.1 Å². The van der Waals surface area contributed by atoms with E-state index in [2.05, 4.69) is 5.32 Å². The van der Waals surface area contributed by atoms with Gasteiger partial charge in [0.15, 0.2) is 6.61 Å². The largest absolute Gasteiger partial charge is 0.456 e. The molecule has 2 aliphatic rings. The summed E-state index contributed by atoms with van der Waals surface area (Å²) < 4.78 is 31.8. The van der Waals surface area contributed by atoms with Crippen molar-refractivity contribution < 1.29 is 27.5 Å². The van der Waals surface area contributed by atoms with Gasteiger partial charge in [-0.3, -0.25) is 14.4 Å². The molecule has 0 aliphatic carbocycles. The van der Waals surface area contributed by atoms with E-state index in [0.717, 1.165) is 4.90 Å². The molecular weight excluding hydrogens is 466 g/mol. The minimum Gasteiger partial charge on any atom is -0.456 e. The molecular formula is C22H23N3O6S2. The van der Waals surface area contributed by atoms with Gasteiger partial charge >= 0.3 is 5.97 Å². The summed E-state index contributed by atoms with van der Waals surface area (Å²) in [5.74, 6) is -1.32. The van der Waals surface area contributed by atoms with Crippen LogP contribution in [0.1, 0.15) is 6.42 Å². The number of carbonyl (C=O) groups excluding carboxylic acids is 3. The molecule has 0 unspecified atom stereocenters. The quantitative estimate of drug-likeness (QED) is 0.613. The Labute approximate surface area is 196 Å². The lowest BCUT2D eigenvalue weighted by Crippen LogP contribution is -2.51. The maximum atomic E-state index is 12.7. The number of nitrogens with zero attached hydrogens (tertiary/aromatic N) is 2. The zero-order valence-corrected chi connectivity index (χ0v) is 19.3. The van der Waals surface area contributed by atoms with Gasteiger partial charge in [-0.2, -0.15) is 4.31 Å². The topological polar surface area (TPSA) is 113 Å². The summed E-state index contributed by atoms with van der Waals surface area (Å²) in [4.78, 5) is 39.4. The fraction of sp³-hybridized carbons (Fsp3) is 0.318. The van der Waals surface area contributed by atoms with Crippen LogP contribution in [0.2, 0.25) is 0 Å². The molecule has 2 aliphatic heterocycles. The van der Waals surface area contributed by atoms with Crippen LogP contribution >= 0.6 is 11.8 Å². The molecule has 1 N–H and O–H groups in total. The number of sulfonamides is 1. The Kier molecular flexibility index (Phi) is 7.01. The SMILES string of the molecule is O=C(C[C@@H]1Sc2ccccc2NC1=O)OCC(=O)N1CCN(S(=O)(=O)c2ccccc2)CC1. The summed E-state index contributed by atoms with van der Waals surface area (Å²) >= 11 is 1.29. The minimum absolute atomic E-state index is 0.152. The van der Waals surface area contributed by atoms with Gasteiger partial charge in [-0.25, -0.2) is 8.42 Å². The second-order valence-electron chi connectivity index (χ2n) is 7.55. The number of ether oxygens (including phenoxy) is 1. The lowest BCUT2D eigenvalue weighted by molar-refractivity contribution is -0.152. The minimum atomic E-state index is -3.61. The van der Waals surface area contributed by atoms with Crippen molar-refractivity contribution in [1.82, 2.24) is 9.21 Å². The van der Waals surface area contributed by atoms with Gasteiger partial charge in [0.1, 0.15) is 0 Å². The Morgan fingerprint density at radius 1 is 1.00 bits per heavy atom. The van der Waals surface area contributed by atoms with Gasteiger partial charge in [0.05, 0.1) is 22.3 Å². The van der Waals surface area contributed by atoms with Crippen LogP contribution < -0.4 is 5.32 Å². The van der Waals surface area contributed by atoms with Gasteiger partial charge in [0.2, 0.25) is 15.9 Å². The zero-order valence-electron chi connectivity index (χ0n) is 17.7. The molecule has 1 saturated heterocycles. The van der Waals surface area contributed by atoms with E-state index < -0.39 is 33.8 Å². The number of nitrogens with one attached hydrogen (secondary N) is 1. The van der Waals surface area contributed by atoms with E-state index in [1.807, 2.05) is 18.2 Å². The van der Waals surface area contributed by atoms with E-state index >= 15 is 0 Å². The first-order valence-electron chi connectivity index (χ1n) is 10.4. The molecule has 174 valence electrons. The molecule has 1 atom stereocenters. The molecule has 0 spiro atoms. The summed E-state index contributed by atoms with van der Waals surface area (Å²) in [5, 5.41) is 2.13. The van der Waals surface area contributed by atoms with Crippen LogP contribution in [0.4, 0.5) is 5.69 Å². The Balaban J connectivity index is 1.24. The molecule has 0 bridgehead atoms. The van der Waals surface area contributed by atoms with Gasteiger partial charge in [0.25, 0.3) is 5.91 Å².